The van der Waals surface area contributed by atoms with Gasteiger partial charge in [-0.3, -0.25) is 5.32 Å². The van der Waals surface area contributed by atoms with E-state index in [9.17, 15) is 0 Å². The highest BCUT2D eigenvalue weighted by Crippen LogP contribution is 2.18. The molecule has 1 aliphatic rings. The van der Waals surface area contributed by atoms with Gasteiger partial charge >= 0.3 is 0 Å². The number of hydrogen-bond donors (Lipinski definition) is 2. The van der Waals surface area contributed by atoms with E-state index in [1.807, 2.05) is 0 Å². The van der Waals surface area contributed by atoms with E-state index in [1.165, 1.54) is 12.8 Å². The average Bonchev–Trinajstić information content (AvgIpc) is 2.50. The first-order valence-electron chi connectivity index (χ1n) is 2.78. The summed E-state index contributed by atoms with van der Waals surface area (Å²) in [5.41, 5.74) is 0. The molecule has 0 atom stereocenters. The molecule has 0 unspecified atom stereocenters. The first-order chi connectivity index (χ1) is 4.33. The Morgan fingerprint density at radius 3 is 2.78 bits per heavy atom. The summed E-state index contributed by atoms with van der Waals surface area (Å²) in [5.74, 6) is 0. The van der Waals surface area contributed by atoms with Crippen LogP contribution in [0.4, 0.5) is 0 Å². The van der Waals surface area contributed by atoms with Gasteiger partial charge in [-0.1, -0.05) is 0 Å². The number of nitrogens with zero attached hydrogens (tertiary/aromatic N) is 1. The summed E-state index contributed by atoms with van der Waals surface area (Å²) < 4.78 is 0. The molecule has 0 heterocycles. The summed E-state index contributed by atoms with van der Waals surface area (Å²) in [4.78, 5) is 0. The molecule has 1 fully saturated rings. The molecular weight excluding hydrogens is 134 g/mol. The Hall–Kier alpha value is -0.820. The van der Waals surface area contributed by atoms with Crippen molar-refractivity contribution in [2.24, 2.45) is 0 Å². The second kappa shape index (κ2) is 2.65. The Bertz CT molecular complexity index is 156. The van der Waals surface area contributed by atoms with E-state index >= 15 is 0 Å². The molecule has 1 rings (SSSR count). The summed E-state index contributed by atoms with van der Waals surface area (Å²) in [5, 5.41) is 13.8. The molecule has 0 spiro atoms. The van der Waals surface area contributed by atoms with Crippen LogP contribution in [-0.2, 0) is 0 Å². The van der Waals surface area contributed by atoms with Crippen molar-refractivity contribution < 1.29 is 0 Å². The predicted molar refractivity (Wildman–Crippen MR) is 37.5 cm³/mol. The fraction of sp³-hybridized carbons (Fsp3) is 0.600. The third-order valence-electron chi connectivity index (χ3n) is 1.08. The second-order valence-corrected chi connectivity index (χ2v) is 2.39. The van der Waals surface area contributed by atoms with Gasteiger partial charge in [0.1, 0.15) is 0 Å². The van der Waals surface area contributed by atoms with Crippen molar-refractivity contribution in [2.75, 3.05) is 0 Å². The van der Waals surface area contributed by atoms with Crippen LogP contribution in [0.25, 0.3) is 0 Å². The summed E-state index contributed by atoms with van der Waals surface area (Å²) in [6, 6.07) is 0.526. The van der Waals surface area contributed by atoms with Crippen LogP contribution in [0.15, 0.2) is 0 Å². The second-order valence-electron chi connectivity index (χ2n) is 1.98. The topological polar surface area (TPSA) is 47.9 Å². The van der Waals surface area contributed by atoms with Gasteiger partial charge in [-0.15, -0.1) is 0 Å². The molecule has 1 aliphatic carbocycles. The van der Waals surface area contributed by atoms with E-state index in [2.05, 4.69) is 10.6 Å². The van der Waals surface area contributed by atoms with Crippen LogP contribution in [0.5, 0.6) is 0 Å². The van der Waals surface area contributed by atoms with Gasteiger partial charge in [0.2, 0.25) is 0 Å². The molecule has 2 N–H and O–H groups in total. The maximum Gasteiger partial charge on any atom is 0.183 e. The highest BCUT2D eigenvalue weighted by Gasteiger charge is 2.21. The van der Waals surface area contributed by atoms with Crippen LogP contribution in [-0.4, -0.2) is 11.2 Å². The fourth-order valence-electron chi connectivity index (χ4n) is 0.500. The van der Waals surface area contributed by atoms with E-state index in [4.69, 9.17) is 17.5 Å². The van der Waals surface area contributed by atoms with Gasteiger partial charge in [-0.05, 0) is 25.1 Å². The zero-order chi connectivity index (χ0) is 6.69. The number of rotatable bonds is 1. The minimum atomic E-state index is 0.444. The number of nitrogens with one attached hydrogen (secondary N) is 2. The normalized spacial score (nSPS) is 15.9. The molecule has 0 aromatic heterocycles. The maximum atomic E-state index is 8.08. The van der Waals surface area contributed by atoms with E-state index < -0.39 is 0 Å². The van der Waals surface area contributed by atoms with Crippen LogP contribution in [0.1, 0.15) is 12.8 Å². The molecule has 0 aromatic carbocycles. The molecule has 1 saturated carbocycles. The Morgan fingerprint density at radius 1 is 1.67 bits per heavy atom. The Balaban J connectivity index is 2.11. The monoisotopic (exact) mass is 141 g/mol. The quantitative estimate of drug-likeness (QED) is 0.309. The molecule has 0 aliphatic heterocycles. The average molecular weight is 141 g/mol. The van der Waals surface area contributed by atoms with Gasteiger partial charge in [0, 0.05) is 6.04 Å². The van der Waals surface area contributed by atoms with Crippen molar-refractivity contribution in [1.82, 2.24) is 10.6 Å². The van der Waals surface area contributed by atoms with Crippen molar-refractivity contribution in [3.63, 3.8) is 0 Å². The molecule has 0 saturated heterocycles. The molecule has 0 aromatic rings. The lowest BCUT2D eigenvalue weighted by Crippen LogP contribution is -2.33. The largest absolute Gasteiger partial charge is 0.359 e. The smallest absolute Gasteiger partial charge is 0.183 e. The molecule has 9 heavy (non-hydrogen) atoms. The molecule has 0 amide bonds. The number of nitriles is 1. The third kappa shape index (κ3) is 2.29. The lowest BCUT2D eigenvalue weighted by atomic mass is 10.7. The van der Waals surface area contributed by atoms with Gasteiger partial charge in [0.15, 0.2) is 11.3 Å². The minimum Gasteiger partial charge on any atom is -0.359 e. The van der Waals surface area contributed by atoms with E-state index in [-0.39, 0.29) is 0 Å². The van der Waals surface area contributed by atoms with Gasteiger partial charge in [0.25, 0.3) is 0 Å². The van der Waals surface area contributed by atoms with E-state index in [0.29, 0.717) is 11.2 Å². The van der Waals surface area contributed by atoms with Crippen LogP contribution in [0.3, 0.4) is 0 Å². The van der Waals surface area contributed by atoms with Gasteiger partial charge < -0.3 is 5.32 Å². The molecule has 3 nitrogen and oxygen atoms in total. The SMILES string of the molecule is N#CNC(=S)NC1CC1. The van der Waals surface area contributed by atoms with Crippen LogP contribution in [0.2, 0.25) is 0 Å². The lowest BCUT2D eigenvalue weighted by molar-refractivity contribution is 0.896. The first-order valence-corrected chi connectivity index (χ1v) is 3.19. The number of thiocarbonyl (C=S) groups is 1. The van der Waals surface area contributed by atoms with Crippen molar-refractivity contribution in [2.45, 2.75) is 18.9 Å². The third-order valence-corrected chi connectivity index (χ3v) is 1.30. The van der Waals surface area contributed by atoms with Gasteiger partial charge in [-0.25, -0.2) is 0 Å². The number of hydrogen-bond acceptors (Lipinski definition) is 2. The van der Waals surface area contributed by atoms with E-state index in [1.54, 1.807) is 6.19 Å². The fourth-order valence-corrected chi connectivity index (χ4v) is 0.712. The van der Waals surface area contributed by atoms with Crippen molar-refractivity contribution in [3.8, 4) is 6.19 Å². The lowest BCUT2D eigenvalue weighted by Gasteiger charge is -2.00. The van der Waals surface area contributed by atoms with Crippen molar-refractivity contribution in [3.05, 3.63) is 0 Å². The standard InChI is InChI=1S/C5H7N3S/c6-3-7-5(9)8-4-1-2-4/h4H,1-2H2,(H2,7,8,9). The van der Waals surface area contributed by atoms with Gasteiger partial charge in [-0.2, -0.15) is 5.26 Å². The molecule has 0 radical (unpaired) electrons. The van der Waals surface area contributed by atoms with Crippen LogP contribution >= 0.6 is 12.2 Å². The predicted octanol–water partition coefficient (Wildman–Crippen LogP) is 0.0940. The zero-order valence-electron chi connectivity index (χ0n) is 4.85. The molecule has 0 bridgehead atoms. The summed E-state index contributed by atoms with van der Waals surface area (Å²) in [6.07, 6.45) is 4.09. The zero-order valence-corrected chi connectivity index (χ0v) is 5.66. The minimum absolute atomic E-state index is 0.444. The van der Waals surface area contributed by atoms with Crippen LogP contribution in [0, 0.1) is 11.5 Å². The van der Waals surface area contributed by atoms with Crippen molar-refractivity contribution in [1.29, 1.82) is 5.26 Å². The highest BCUT2D eigenvalue weighted by atomic mass is 32.1. The Kier molecular flexibility index (Phi) is 1.85. The molecule has 4 heteroatoms. The molecular formula is C5H7N3S. The van der Waals surface area contributed by atoms with E-state index in [0.717, 1.165) is 0 Å². The molecule has 48 valence electrons. The Morgan fingerprint density at radius 2 is 2.33 bits per heavy atom. The van der Waals surface area contributed by atoms with Crippen molar-refractivity contribution >= 4 is 17.3 Å². The summed E-state index contributed by atoms with van der Waals surface area (Å²) >= 11 is 4.72. The highest BCUT2D eigenvalue weighted by molar-refractivity contribution is 7.80. The maximum absolute atomic E-state index is 8.08. The summed E-state index contributed by atoms with van der Waals surface area (Å²) in [6.45, 7) is 0. The van der Waals surface area contributed by atoms with Crippen LogP contribution < -0.4 is 10.6 Å². The first kappa shape index (κ1) is 6.30. The Labute approximate surface area is 59.0 Å². The summed E-state index contributed by atoms with van der Waals surface area (Å²) in [7, 11) is 0. The van der Waals surface area contributed by atoms with Gasteiger partial charge in [0.05, 0.1) is 0 Å².